The van der Waals surface area contributed by atoms with Crippen LogP contribution in [0, 0.1) is 11.8 Å². The van der Waals surface area contributed by atoms with E-state index in [0.29, 0.717) is 42.0 Å². The van der Waals surface area contributed by atoms with E-state index < -0.39 is 20.1 Å². The molecule has 3 rings (SSSR count). The van der Waals surface area contributed by atoms with Crippen molar-refractivity contribution in [3.05, 3.63) is 70.8 Å². The van der Waals surface area contributed by atoms with Gasteiger partial charge in [-0.15, -0.1) is 0 Å². The number of hydrogen-bond acceptors (Lipinski definition) is 4. The van der Waals surface area contributed by atoms with Gasteiger partial charge in [0.05, 0.1) is 19.3 Å². The van der Waals surface area contributed by atoms with Crippen molar-refractivity contribution in [2.45, 2.75) is 129 Å². The van der Waals surface area contributed by atoms with E-state index in [9.17, 15) is 18.0 Å². The van der Waals surface area contributed by atoms with Crippen LogP contribution in [-0.2, 0) is 26.7 Å². The molecule has 1 saturated heterocycles. The SMILES string of the molecule is COC(=O)C[C@@H]1CCN([C@H](CCC(C)C)c2ccc(CO[Si](C(C)C)(C(C)C)C(C)C)cc2)C(c2ccc(C(F)(F)F)cc2)C1. The van der Waals surface area contributed by atoms with E-state index in [1.807, 2.05) is 0 Å². The number of halogens is 3. The largest absolute Gasteiger partial charge is 0.469 e. The molecule has 0 spiro atoms. The zero-order valence-corrected chi connectivity index (χ0v) is 29.9. The lowest BCUT2D eigenvalue weighted by molar-refractivity contribution is -0.142. The molecule has 45 heavy (non-hydrogen) atoms. The molecule has 0 aliphatic carbocycles. The number of likely N-dealkylation sites (tertiary alicyclic amines) is 1. The van der Waals surface area contributed by atoms with Crippen molar-refractivity contribution in [3.63, 3.8) is 0 Å². The highest BCUT2D eigenvalue weighted by atomic mass is 28.4. The average Bonchev–Trinajstić information content (AvgIpc) is 2.97. The number of piperidine rings is 1. The zero-order valence-electron chi connectivity index (χ0n) is 28.9. The van der Waals surface area contributed by atoms with Gasteiger partial charge < -0.3 is 9.16 Å². The molecule has 0 amide bonds. The van der Waals surface area contributed by atoms with Crippen molar-refractivity contribution in [2.75, 3.05) is 13.7 Å². The minimum atomic E-state index is -4.38. The van der Waals surface area contributed by atoms with Crippen molar-refractivity contribution in [3.8, 4) is 0 Å². The topological polar surface area (TPSA) is 38.8 Å². The van der Waals surface area contributed by atoms with E-state index in [1.165, 1.54) is 24.8 Å². The molecule has 2 aromatic rings. The molecule has 1 aliphatic heterocycles. The summed E-state index contributed by atoms with van der Waals surface area (Å²) in [7, 11) is -0.592. The number of hydrogen-bond donors (Lipinski definition) is 0. The van der Waals surface area contributed by atoms with E-state index >= 15 is 0 Å². The minimum Gasteiger partial charge on any atom is -0.469 e. The third kappa shape index (κ3) is 9.45. The summed E-state index contributed by atoms with van der Waals surface area (Å²) in [5, 5.41) is 0. The summed E-state index contributed by atoms with van der Waals surface area (Å²) in [6.45, 7) is 19.6. The van der Waals surface area contributed by atoms with Crippen molar-refractivity contribution in [1.29, 1.82) is 0 Å². The molecule has 0 radical (unpaired) electrons. The lowest BCUT2D eigenvalue weighted by atomic mass is 9.82. The average molecular weight is 648 g/mol. The first kappa shape index (κ1) is 37.3. The van der Waals surface area contributed by atoms with Gasteiger partial charge in [0.25, 0.3) is 0 Å². The Morgan fingerprint density at radius 3 is 1.96 bits per heavy atom. The van der Waals surface area contributed by atoms with Gasteiger partial charge in [0.15, 0.2) is 0 Å². The highest BCUT2D eigenvalue weighted by molar-refractivity contribution is 6.77. The standard InChI is InChI=1S/C37H56F3NO3Si/c1-25(2)10-19-34(31-13-11-29(12-14-31)24-44-45(26(3)4,27(5)6)28(7)8)41-21-20-30(23-36(42)43-9)22-35(41)32-15-17-33(18-16-32)37(38,39)40/h11-18,25-28,30,34-35H,10,19-24H2,1-9H3/t30-,34-,35?/m1/s1. The Bertz CT molecular complexity index is 1170. The fourth-order valence-electron chi connectivity index (χ4n) is 7.72. The Morgan fingerprint density at radius 2 is 1.47 bits per heavy atom. The molecule has 3 atom stereocenters. The second-order valence-corrected chi connectivity index (χ2v) is 19.8. The van der Waals surface area contributed by atoms with Gasteiger partial charge in [-0.2, -0.15) is 13.2 Å². The Kier molecular flexibility index (Phi) is 13.3. The number of carbonyl (C=O) groups is 1. The summed E-state index contributed by atoms with van der Waals surface area (Å²) in [6.07, 6.45) is -0.565. The van der Waals surface area contributed by atoms with Gasteiger partial charge in [-0.05, 0) is 89.5 Å². The minimum absolute atomic E-state index is 0.101. The molecule has 0 bridgehead atoms. The van der Waals surface area contributed by atoms with Gasteiger partial charge in [-0.3, -0.25) is 9.69 Å². The molecule has 2 aromatic carbocycles. The molecular formula is C37H56F3NO3Si. The van der Waals surface area contributed by atoms with Crippen molar-refractivity contribution < 1.29 is 27.1 Å². The van der Waals surface area contributed by atoms with Crippen molar-refractivity contribution >= 4 is 14.3 Å². The van der Waals surface area contributed by atoms with Crippen molar-refractivity contribution in [1.82, 2.24) is 4.90 Å². The summed E-state index contributed by atoms with van der Waals surface area (Å²) < 4.78 is 52.1. The second-order valence-electron chi connectivity index (χ2n) is 14.4. The Labute approximate surface area is 271 Å². The Hall–Kier alpha value is -2.16. The summed E-state index contributed by atoms with van der Waals surface area (Å²) in [6, 6.07) is 14.4. The Morgan fingerprint density at radius 1 is 0.889 bits per heavy atom. The fourth-order valence-corrected chi connectivity index (χ4v) is 13.1. The number of ether oxygens (including phenoxy) is 1. The normalized spacial score (nSPS) is 19.1. The molecule has 4 nitrogen and oxygen atoms in total. The predicted molar refractivity (Wildman–Crippen MR) is 179 cm³/mol. The second kappa shape index (κ2) is 16.1. The molecule has 1 fully saturated rings. The van der Waals surface area contributed by atoms with Crippen LogP contribution >= 0.6 is 0 Å². The van der Waals surface area contributed by atoms with Crippen molar-refractivity contribution in [2.24, 2.45) is 11.8 Å². The summed E-state index contributed by atoms with van der Waals surface area (Å²) in [4.78, 5) is 14.7. The third-order valence-corrected chi connectivity index (χ3v) is 16.1. The molecule has 252 valence electrons. The van der Waals surface area contributed by atoms with E-state index in [1.54, 1.807) is 12.1 Å². The van der Waals surface area contributed by atoms with Gasteiger partial charge in [0.1, 0.15) is 0 Å². The number of rotatable bonds is 14. The number of carbonyl (C=O) groups excluding carboxylic acids is 1. The highest BCUT2D eigenvalue weighted by Gasteiger charge is 2.45. The van der Waals surface area contributed by atoms with Crippen LogP contribution in [0.15, 0.2) is 48.5 Å². The molecule has 0 saturated carbocycles. The van der Waals surface area contributed by atoms with Gasteiger partial charge in [-0.1, -0.05) is 91.8 Å². The molecule has 1 heterocycles. The lowest BCUT2D eigenvalue weighted by Gasteiger charge is -2.45. The van der Waals surface area contributed by atoms with Crippen LogP contribution < -0.4 is 0 Å². The smallest absolute Gasteiger partial charge is 0.416 e. The molecule has 8 heteroatoms. The van der Waals surface area contributed by atoms with Crippen LogP contribution in [0.25, 0.3) is 0 Å². The highest BCUT2D eigenvalue weighted by Crippen LogP contribution is 2.45. The maximum absolute atomic E-state index is 13.4. The Balaban J connectivity index is 1.94. The number of methoxy groups -OCH3 is 1. The summed E-state index contributed by atoms with van der Waals surface area (Å²) in [5.74, 6) is 0.384. The van der Waals surface area contributed by atoms with E-state index in [4.69, 9.17) is 9.16 Å². The first-order chi connectivity index (χ1) is 21.1. The molecule has 0 aromatic heterocycles. The van der Waals surface area contributed by atoms with Crippen LogP contribution in [0.5, 0.6) is 0 Å². The summed E-state index contributed by atoms with van der Waals surface area (Å²) in [5.41, 5.74) is 4.13. The quantitative estimate of drug-likeness (QED) is 0.151. The monoisotopic (exact) mass is 647 g/mol. The first-order valence-corrected chi connectivity index (χ1v) is 19.0. The van der Waals surface area contributed by atoms with Crippen LogP contribution in [0.3, 0.4) is 0 Å². The third-order valence-electron chi connectivity index (χ3n) is 10.0. The van der Waals surface area contributed by atoms with Crippen LogP contribution in [-0.4, -0.2) is 32.8 Å². The molecule has 1 aliphatic rings. The molecule has 1 unspecified atom stereocenters. The number of benzene rings is 2. The number of esters is 1. The molecular weight excluding hydrogens is 591 g/mol. The van der Waals surface area contributed by atoms with Gasteiger partial charge in [0, 0.05) is 18.5 Å². The first-order valence-electron chi connectivity index (χ1n) is 16.8. The molecule has 0 N–H and O–H groups in total. The zero-order chi connectivity index (χ0) is 33.5. The van der Waals surface area contributed by atoms with Crippen LogP contribution in [0.2, 0.25) is 16.6 Å². The van der Waals surface area contributed by atoms with E-state index in [2.05, 4.69) is 84.6 Å². The predicted octanol–water partition coefficient (Wildman–Crippen LogP) is 10.9. The van der Waals surface area contributed by atoms with Crippen LogP contribution in [0.1, 0.15) is 122 Å². The lowest BCUT2D eigenvalue weighted by Crippen LogP contribution is -2.47. The van der Waals surface area contributed by atoms with E-state index in [-0.39, 0.29) is 24.0 Å². The fraction of sp³-hybridized carbons (Fsp3) is 0.649. The van der Waals surface area contributed by atoms with Gasteiger partial charge in [0.2, 0.25) is 8.32 Å². The summed E-state index contributed by atoms with van der Waals surface area (Å²) >= 11 is 0. The number of nitrogens with zero attached hydrogens (tertiary/aromatic N) is 1. The van der Waals surface area contributed by atoms with Gasteiger partial charge in [-0.25, -0.2) is 0 Å². The van der Waals surface area contributed by atoms with Gasteiger partial charge >= 0.3 is 12.1 Å². The maximum atomic E-state index is 13.4. The van der Waals surface area contributed by atoms with Crippen LogP contribution in [0.4, 0.5) is 13.2 Å². The maximum Gasteiger partial charge on any atom is 0.416 e. The van der Waals surface area contributed by atoms with E-state index in [0.717, 1.165) is 36.9 Å². The number of alkyl halides is 3.